The number of halogens is 4. The number of anilines is 1. The topological polar surface area (TPSA) is 12.0 Å². The lowest BCUT2D eigenvalue weighted by atomic mass is 10.0. The summed E-state index contributed by atoms with van der Waals surface area (Å²) in [4.78, 5) is 0. The highest BCUT2D eigenvalue weighted by Crippen LogP contribution is 2.32. The van der Waals surface area contributed by atoms with E-state index in [1.165, 1.54) is 6.07 Å². The van der Waals surface area contributed by atoms with Crippen molar-refractivity contribution >= 4 is 44.8 Å². The minimum Gasteiger partial charge on any atom is -0.376 e. The average molecular weight is 377 g/mol. The zero-order valence-electron chi connectivity index (χ0n) is 10.8. The highest BCUT2D eigenvalue weighted by molar-refractivity contribution is 9.10. The molecule has 0 saturated carbocycles. The molecule has 2 rings (SSSR count). The summed E-state index contributed by atoms with van der Waals surface area (Å²) in [6.07, 6.45) is 0.771. The SMILES string of the molecule is CCC(Nc1cc(Br)ccc1F)c1ccc(Cl)cc1Cl. The van der Waals surface area contributed by atoms with Crippen LogP contribution < -0.4 is 5.32 Å². The minimum atomic E-state index is -0.295. The third-order valence-corrected chi connectivity index (χ3v) is 4.06. The Morgan fingerprint density at radius 3 is 2.60 bits per heavy atom. The summed E-state index contributed by atoms with van der Waals surface area (Å²) in [5.74, 6) is -0.295. The van der Waals surface area contributed by atoms with Gasteiger partial charge in [0, 0.05) is 14.5 Å². The van der Waals surface area contributed by atoms with Gasteiger partial charge in [-0.05, 0) is 42.3 Å². The van der Waals surface area contributed by atoms with Gasteiger partial charge >= 0.3 is 0 Å². The van der Waals surface area contributed by atoms with E-state index in [0.717, 1.165) is 16.5 Å². The molecule has 1 unspecified atom stereocenters. The van der Waals surface area contributed by atoms with Crippen molar-refractivity contribution in [2.75, 3.05) is 5.32 Å². The van der Waals surface area contributed by atoms with E-state index in [9.17, 15) is 4.39 Å². The van der Waals surface area contributed by atoms with Crippen LogP contribution in [0, 0.1) is 5.82 Å². The summed E-state index contributed by atoms with van der Waals surface area (Å²) in [6, 6.07) is 10.1. The molecular weight excluding hydrogens is 364 g/mol. The molecule has 0 aliphatic carbocycles. The molecule has 20 heavy (non-hydrogen) atoms. The number of rotatable bonds is 4. The van der Waals surface area contributed by atoms with E-state index < -0.39 is 0 Å². The summed E-state index contributed by atoms with van der Waals surface area (Å²) in [7, 11) is 0. The van der Waals surface area contributed by atoms with E-state index >= 15 is 0 Å². The Morgan fingerprint density at radius 2 is 1.95 bits per heavy atom. The zero-order valence-corrected chi connectivity index (χ0v) is 13.9. The number of hydrogen-bond donors (Lipinski definition) is 1. The van der Waals surface area contributed by atoms with Gasteiger partial charge in [-0.2, -0.15) is 0 Å². The minimum absolute atomic E-state index is 0.0800. The van der Waals surface area contributed by atoms with Crippen LogP contribution in [0.1, 0.15) is 24.9 Å². The Morgan fingerprint density at radius 1 is 1.20 bits per heavy atom. The fourth-order valence-electron chi connectivity index (χ4n) is 1.98. The van der Waals surface area contributed by atoms with Gasteiger partial charge in [-0.3, -0.25) is 0 Å². The van der Waals surface area contributed by atoms with Crippen LogP contribution in [0.3, 0.4) is 0 Å². The second kappa shape index (κ2) is 6.79. The fraction of sp³-hybridized carbons (Fsp3) is 0.200. The average Bonchev–Trinajstić information content (AvgIpc) is 2.40. The highest BCUT2D eigenvalue weighted by atomic mass is 79.9. The second-order valence-electron chi connectivity index (χ2n) is 4.40. The number of benzene rings is 2. The Bertz CT molecular complexity index is 619. The van der Waals surface area contributed by atoms with E-state index in [-0.39, 0.29) is 11.9 Å². The molecule has 1 N–H and O–H groups in total. The quantitative estimate of drug-likeness (QED) is 0.645. The molecule has 0 amide bonds. The lowest BCUT2D eigenvalue weighted by Gasteiger charge is -2.20. The third-order valence-electron chi connectivity index (χ3n) is 3.00. The van der Waals surface area contributed by atoms with Crippen molar-refractivity contribution in [3.8, 4) is 0 Å². The molecule has 0 aliphatic heterocycles. The molecular formula is C15H13BrCl2FN. The normalized spacial score (nSPS) is 12.2. The first-order valence-corrected chi connectivity index (χ1v) is 7.72. The van der Waals surface area contributed by atoms with Gasteiger partial charge < -0.3 is 5.32 Å². The first kappa shape index (κ1) is 15.6. The molecule has 0 saturated heterocycles. The molecule has 106 valence electrons. The zero-order chi connectivity index (χ0) is 14.7. The van der Waals surface area contributed by atoms with Crippen molar-refractivity contribution in [1.29, 1.82) is 0 Å². The summed E-state index contributed by atoms with van der Waals surface area (Å²) < 4.78 is 14.6. The van der Waals surface area contributed by atoms with Crippen molar-refractivity contribution in [3.63, 3.8) is 0 Å². The summed E-state index contributed by atoms with van der Waals surface area (Å²) in [5.41, 5.74) is 1.34. The van der Waals surface area contributed by atoms with Crippen LogP contribution >= 0.6 is 39.1 Å². The molecule has 2 aromatic rings. The Labute approximate surface area is 136 Å². The van der Waals surface area contributed by atoms with Gasteiger partial charge in [0.15, 0.2) is 0 Å². The fourth-order valence-corrected chi connectivity index (χ4v) is 2.88. The molecule has 0 bridgehead atoms. The van der Waals surface area contributed by atoms with Gasteiger partial charge in [-0.1, -0.05) is 52.1 Å². The highest BCUT2D eigenvalue weighted by Gasteiger charge is 2.15. The van der Waals surface area contributed by atoms with E-state index in [0.29, 0.717) is 15.7 Å². The maximum Gasteiger partial charge on any atom is 0.146 e. The van der Waals surface area contributed by atoms with Crippen molar-refractivity contribution in [2.24, 2.45) is 0 Å². The van der Waals surface area contributed by atoms with Crippen LogP contribution in [0.4, 0.5) is 10.1 Å². The summed E-state index contributed by atoms with van der Waals surface area (Å²) in [5, 5.41) is 4.34. The maximum atomic E-state index is 13.8. The largest absolute Gasteiger partial charge is 0.376 e. The van der Waals surface area contributed by atoms with Crippen LogP contribution in [-0.4, -0.2) is 0 Å². The molecule has 1 nitrogen and oxygen atoms in total. The molecule has 1 atom stereocenters. The third kappa shape index (κ3) is 3.66. The van der Waals surface area contributed by atoms with Crippen LogP contribution in [0.15, 0.2) is 40.9 Å². The molecule has 0 aliphatic rings. The molecule has 5 heteroatoms. The lowest BCUT2D eigenvalue weighted by Crippen LogP contribution is -2.11. The smallest absolute Gasteiger partial charge is 0.146 e. The standard InChI is InChI=1S/C15H13BrCl2FN/c1-2-14(11-5-4-10(17)8-12(11)18)20-15-7-9(16)3-6-13(15)19/h3-8,14,20H,2H2,1H3. The summed E-state index contributed by atoms with van der Waals surface area (Å²) >= 11 is 15.5. The van der Waals surface area contributed by atoms with Gasteiger partial charge in [0.2, 0.25) is 0 Å². The predicted octanol–water partition coefficient (Wildman–Crippen LogP) is 6.46. The van der Waals surface area contributed by atoms with Crippen LogP contribution in [0.25, 0.3) is 0 Å². The van der Waals surface area contributed by atoms with E-state index in [1.54, 1.807) is 24.3 Å². The number of hydrogen-bond acceptors (Lipinski definition) is 1. The van der Waals surface area contributed by atoms with Crippen LogP contribution in [-0.2, 0) is 0 Å². The Hall–Kier alpha value is -0.770. The molecule has 0 aromatic heterocycles. The van der Waals surface area contributed by atoms with Gasteiger partial charge in [-0.15, -0.1) is 0 Å². The molecule has 0 heterocycles. The van der Waals surface area contributed by atoms with Gasteiger partial charge in [0.25, 0.3) is 0 Å². The predicted molar refractivity (Wildman–Crippen MR) is 87.2 cm³/mol. The lowest BCUT2D eigenvalue weighted by molar-refractivity contribution is 0.623. The van der Waals surface area contributed by atoms with Crippen molar-refractivity contribution < 1.29 is 4.39 Å². The molecule has 0 radical (unpaired) electrons. The van der Waals surface area contributed by atoms with Gasteiger partial charge in [0.1, 0.15) is 5.82 Å². The van der Waals surface area contributed by atoms with Gasteiger partial charge in [-0.25, -0.2) is 4.39 Å². The van der Waals surface area contributed by atoms with Crippen LogP contribution in [0.5, 0.6) is 0 Å². The number of nitrogens with one attached hydrogen (secondary N) is 1. The first-order chi connectivity index (χ1) is 9.51. The summed E-state index contributed by atoms with van der Waals surface area (Å²) in [6.45, 7) is 2.01. The second-order valence-corrected chi connectivity index (χ2v) is 6.15. The Balaban J connectivity index is 2.31. The van der Waals surface area contributed by atoms with Crippen molar-refractivity contribution in [1.82, 2.24) is 0 Å². The molecule has 0 fully saturated rings. The molecule has 2 aromatic carbocycles. The molecule has 0 spiro atoms. The van der Waals surface area contributed by atoms with E-state index in [4.69, 9.17) is 23.2 Å². The van der Waals surface area contributed by atoms with Crippen LogP contribution in [0.2, 0.25) is 10.0 Å². The monoisotopic (exact) mass is 375 g/mol. The maximum absolute atomic E-state index is 13.8. The van der Waals surface area contributed by atoms with Crippen molar-refractivity contribution in [2.45, 2.75) is 19.4 Å². The van der Waals surface area contributed by atoms with E-state index in [1.807, 2.05) is 13.0 Å². The van der Waals surface area contributed by atoms with E-state index in [2.05, 4.69) is 21.2 Å². The van der Waals surface area contributed by atoms with Crippen molar-refractivity contribution in [3.05, 3.63) is 62.3 Å². The Kier molecular flexibility index (Phi) is 5.30. The first-order valence-electron chi connectivity index (χ1n) is 6.17. The van der Waals surface area contributed by atoms with Gasteiger partial charge in [0.05, 0.1) is 11.7 Å².